The van der Waals surface area contributed by atoms with Gasteiger partial charge in [-0.15, -0.1) is 0 Å². The number of fused-ring (bicyclic) bond motifs is 1. The SMILES string of the molecule is O=C(CCCc1ncc(-c2ccccc2)o1)Nc1cccc2ncccc12. The van der Waals surface area contributed by atoms with E-state index < -0.39 is 0 Å². The van der Waals surface area contributed by atoms with Crippen LogP contribution in [0.2, 0.25) is 0 Å². The lowest BCUT2D eigenvalue weighted by atomic mass is 10.1. The van der Waals surface area contributed by atoms with Crippen molar-refractivity contribution < 1.29 is 9.21 Å². The smallest absolute Gasteiger partial charge is 0.224 e. The highest BCUT2D eigenvalue weighted by Crippen LogP contribution is 2.22. The largest absolute Gasteiger partial charge is 0.441 e. The van der Waals surface area contributed by atoms with Gasteiger partial charge in [-0.1, -0.05) is 36.4 Å². The van der Waals surface area contributed by atoms with E-state index in [-0.39, 0.29) is 5.91 Å². The van der Waals surface area contributed by atoms with Crippen molar-refractivity contribution in [1.82, 2.24) is 9.97 Å². The first-order valence-electron chi connectivity index (χ1n) is 8.93. The first-order chi connectivity index (χ1) is 13.3. The van der Waals surface area contributed by atoms with Gasteiger partial charge in [0, 0.05) is 30.0 Å². The zero-order valence-corrected chi connectivity index (χ0v) is 14.8. The van der Waals surface area contributed by atoms with Crippen LogP contribution in [-0.2, 0) is 11.2 Å². The van der Waals surface area contributed by atoms with Gasteiger partial charge >= 0.3 is 0 Å². The summed E-state index contributed by atoms with van der Waals surface area (Å²) in [5.74, 6) is 1.37. The zero-order valence-electron chi connectivity index (χ0n) is 14.8. The van der Waals surface area contributed by atoms with Crippen molar-refractivity contribution in [3.8, 4) is 11.3 Å². The summed E-state index contributed by atoms with van der Waals surface area (Å²) >= 11 is 0. The van der Waals surface area contributed by atoms with E-state index >= 15 is 0 Å². The predicted octanol–water partition coefficient (Wildman–Crippen LogP) is 4.85. The highest BCUT2D eigenvalue weighted by Gasteiger charge is 2.09. The predicted molar refractivity (Wildman–Crippen MR) is 105 cm³/mol. The Kier molecular flexibility index (Phi) is 4.92. The maximum absolute atomic E-state index is 12.3. The molecule has 0 bridgehead atoms. The normalized spacial score (nSPS) is 10.8. The van der Waals surface area contributed by atoms with E-state index in [2.05, 4.69) is 15.3 Å². The van der Waals surface area contributed by atoms with Crippen molar-refractivity contribution in [2.24, 2.45) is 0 Å². The average molecular weight is 357 g/mol. The molecule has 27 heavy (non-hydrogen) atoms. The van der Waals surface area contributed by atoms with E-state index in [0.717, 1.165) is 27.9 Å². The molecule has 0 aliphatic carbocycles. The molecule has 0 aliphatic heterocycles. The Labute approximate surface area is 157 Å². The molecule has 0 saturated carbocycles. The molecule has 2 aromatic heterocycles. The minimum Gasteiger partial charge on any atom is -0.441 e. The number of amides is 1. The molecule has 0 radical (unpaired) electrons. The number of carbonyl (C=O) groups excluding carboxylic acids is 1. The second kappa shape index (κ2) is 7.83. The van der Waals surface area contributed by atoms with E-state index in [9.17, 15) is 4.79 Å². The van der Waals surface area contributed by atoms with E-state index in [4.69, 9.17) is 4.42 Å². The van der Waals surface area contributed by atoms with E-state index in [0.29, 0.717) is 25.2 Å². The summed E-state index contributed by atoms with van der Waals surface area (Å²) in [6.45, 7) is 0. The third kappa shape index (κ3) is 4.03. The lowest BCUT2D eigenvalue weighted by Crippen LogP contribution is -2.11. The summed E-state index contributed by atoms with van der Waals surface area (Å²) in [5.41, 5.74) is 2.65. The van der Waals surface area contributed by atoms with Crippen molar-refractivity contribution in [3.63, 3.8) is 0 Å². The fourth-order valence-corrected chi connectivity index (χ4v) is 2.99. The number of oxazole rings is 1. The number of carbonyl (C=O) groups is 1. The monoisotopic (exact) mass is 357 g/mol. The number of nitrogens with zero attached hydrogens (tertiary/aromatic N) is 2. The van der Waals surface area contributed by atoms with Gasteiger partial charge in [0.1, 0.15) is 0 Å². The fourth-order valence-electron chi connectivity index (χ4n) is 2.99. The molecule has 0 aliphatic rings. The Bertz CT molecular complexity index is 1050. The Morgan fingerprint density at radius 1 is 0.963 bits per heavy atom. The minimum absolute atomic E-state index is 0.0267. The van der Waals surface area contributed by atoms with E-state index in [1.807, 2.05) is 60.7 Å². The number of pyridine rings is 1. The van der Waals surface area contributed by atoms with E-state index in [1.165, 1.54) is 0 Å². The van der Waals surface area contributed by atoms with Crippen LogP contribution in [0.15, 0.2) is 77.5 Å². The van der Waals surface area contributed by atoms with Crippen molar-refractivity contribution in [2.75, 3.05) is 5.32 Å². The molecule has 5 heteroatoms. The molecule has 4 rings (SSSR count). The van der Waals surface area contributed by atoms with Gasteiger partial charge in [-0.25, -0.2) is 4.98 Å². The summed E-state index contributed by atoms with van der Waals surface area (Å²) in [6, 6.07) is 19.4. The summed E-state index contributed by atoms with van der Waals surface area (Å²) in [4.78, 5) is 20.9. The minimum atomic E-state index is -0.0267. The number of anilines is 1. The fraction of sp³-hybridized carbons (Fsp3) is 0.136. The molecule has 5 nitrogen and oxygen atoms in total. The number of rotatable bonds is 6. The topological polar surface area (TPSA) is 68.0 Å². The van der Waals surface area contributed by atoms with Crippen LogP contribution in [0, 0.1) is 0 Å². The lowest BCUT2D eigenvalue weighted by Gasteiger charge is -2.07. The first kappa shape index (κ1) is 17.0. The number of benzene rings is 2. The lowest BCUT2D eigenvalue weighted by molar-refractivity contribution is -0.116. The summed E-state index contributed by atoms with van der Waals surface area (Å²) < 4.78 is 5.78. The molecule has 2 heterocycles. The quantitative estimate of drug-likeness (QED) is 0.535. The highest BCUT2D eigenvalue weighted by molar-refractivity contribution is 6.00. The Morgan fingerprint density at radius 3 is 2.74 bits per heavy atom. The molecule has 1 N–H and O–H groups in total. The van der Waals surface area contributed by atoms with Gasteiger partial charge in [0.05, 0.1) is 17.4 Å². The van der Waals surface area contributed by atoms with E-state index in [1.54, 1.807) is 12.4 Å². The molecule has 4 aromatic rings. The Hall–Kier alpha value is -3.47. The summed E-state index contributed by atoms with van der Waals surface area (Å²) in [5, 5.41) is 3.91. The van der Waals surface area contributed by atoms with Crippen LogP contribution >= 0.6 is 0 Å². The molecule has 2 aromatic carbocycles. The highest BCUT2D eigenvalue weighted by atomic mass is 16.4. The molecule has 134 valence electrons. The van der Waals surface area contributed by atoms with Crippen molar-refractivity contribution in [1.29, 1.82) is 0 Å². The number of hydrogen-bond donors (Lipinski definition) is 1. The average Bonchev–Trinajstić information content (AvgIpc) is 3.18. The molecular formula is C22H19N3O2. The molecule has 0 saturated heterocycles. The third-order valence-corrected chi connectivity index (χ3v) is 4.33. The van der Waals surface area contributed by atoms with Gasteiger partial charge in [0.15, 0.2) is 11.7 Å². The van der Waals surface area contributed by atoms with Crippen LogP contribution in [0.1, 0.15) is 18.7 Å². The first-order valence-corrected chi connectivity index (χ1v) is 8.93. The van der Waals surface area contributed by atoms with Gasteiger partial charge in [0.25, 0.3) is 0 Å². The van der Waals surface area contributed by atoms with Gasteiger partial charge in [-0.2, -0.15) is 0 Å². The van der Waals surface area contributed by atoms with Crippen LogP contribution in [0.4, 0.5) is 5.69 Å². The molecule has 0 fully saturated rings. The van der Waals surface area contributed by atoms with Crippen molar-refractivity contribution in [3.05, 3.63) is 78.9 Å². The molecular weight excluding hydrogens is 338 g/mol. The number of aryl methyl sites for hydroxylation is 1. The van der Waals surface area contributed by atoms with Gasteiger partial charge < -0.3 is 9.73 Å². The zero-order chi connectivity index (χ0) is 18.5. The van der Waals surface area contributed by atoms with Crippen LogP contribution in [0.25, 0.3) is 22.2 Å². The standard InChI is InChI=1S/C22H19N3O2/c26-21(25-19-11-4-10-18-17(19)9-6-14-23-18)12-5-13-22-24-15-20(27-22)16-7-2-1-3-8-16/h1-4,6-11,14-15H,5,12-13H2,(H,25,26). The third-order valence-electron chi connectivity index (χ3n) is 4.33. The van der Waals surface area contributed by atoms with Gasteiger partial charge in [-0.05, 0) is 30.7 Å². The van der Waals surface area contributed by atoms with Gasteiger partial charge in [0.2, 0.25) is 5.91 Å². The number of nitrogens with one attached hydrogen (secondary N) is 1. The Morgan fingerprint density at radius 2 is 1.85 bits per heavy atom. The maximum Gasteiger partial charge on any atom is 0.224 e. The second-order valence-electron chi connectivity index (χ2n) is 6.26. The van der Waals surface area contributed by atoms with Crippen LogP contribution in [0.5, 0.6) is 0 Å². The molecule has 0 atom stereocenters. The van der Waals surface area contributed by atoms with Gasteiger partial charge in [-0.3, -0.25) is 9.78 Å². The van der Waals surface area contributed by atoms with Crippen LogP contribution in [0.3, 0.4) is 0 Å². The summed E-state index contributed by atoms with van der Waals surface area (Å²) in [7, 11) is 0. The molecule has 0 unspecified atom stereocenters. The summed E-state index contributed by atoms with van der Waals surface area (Å²) in [6.07, 6.45) is 5.17. The van der Waals surface area contributed by atoms with Crippen LogP contribution < -0.4 is 5.32 Å². The van der Waals surface area contributed by atoms with Crippen molar-refractivity contribution >= 4 is 22.5 Å². The maximum atomic E-state index is 12.3. The molecule has 0 spiro atoms. The van der Waals surface area contributed by atoms with Crippen molar-refractivity contribution in [2.45, 2.75) is 19.3 Å². The number of aromatic nitrogens is 2. The Balaban J connectivity index is 1.33. The van der Waals surface area contributed by atoms with Crippen LogP contribution in [-0.4, -0.2) is 15.9 Å². The molecule has 1 amide bonds. The second-order valence-corrected chi connectivity index (χ2v) is 6.26. The number of hydrogen-bond acceptors (Lipinski definition) is 4.